The van der Waals surface area contributed by atoms with Crippen LogP contribution < -0.4 is 5.32 Å². The number of carbonyl (C=O) groups is 3. The predicted molar refractivity (Wildman–Crippen MR) is 105 cm³/mol. The summed E-state index contributed by atoms with van der Waals surface area (Å²) in [6, 6.07) is 6.89. The van der Waals surface area contributed by atoms with Gasteiger partial charge in [-0.3, -0.25) is 19.3 Å². The van der Waals surface area contributed by atoms with Crippen LogP contribution in [0.1, 0.15) is 91.3 Å². The van der Waals surface area contributed by atoms with Crippen molar-refractivity contribution in [1.82, 2.24) is 10.2 Å². The average molecular weight is 370 g/mol. The second kappa shape index (κ2) is 9.67. The van der Waals surface area contributed by atoms with E-state index in [9.17, 15) is 14.4 Å². The van der Waals surface area contributed by atoms with E-state index in [0.29, 0.717) is 11.1 Å². The Hall–Kier alpha value is -2.17. The first-order valence-corrected chi connectivity index (χ1v) is 10.4. The Balaban J connectivity index is 1.54. The van der Waals surface area contributed by atoms with Gasteiger partial charge in [0.25, 0.3) is 11.8 Å². The van der Waals surface area contributed by atoms with Crippen LogP contribution in [0.3, 0.4) is 0 Å². The molecule has 0 atom stereocenters. The molecule has 1 fully saturated rings. The van der Waals surface area contributed by atoms with Crippen molar-refractivity contribution >= 4 is 17.7 Å². The van der Waals surface area contributed by atoms with E-state index in [-0.39, 0.29) is 30.3 Å². The highest BCUT2D eigenvalue weighted by Gasteiger charge is 2.36. The average Bonchev–Trinajstić information content (AvgIpc) is 2.89. The first-order valence-electron chi connectivity index (χ1n) is 10.4. The molecule has 2 aliphatic rings. The van der Waals surface area contributed by atoms with Crippen molar-refractivity contribution < 1.29 is 14.4 Å². The number of fused-ring (bicyclic) bond motifs is 1. The lowest BCUT2D eigenvalue weighted by atomic mass is 9.98. The van der Waals surface area contributed by atoms with Gasteiger partial charge in [-0.25, -0.2) is 0 Å². The van der Waals surface area contributed by atoms with E-state index < -0.39 is 0 Å². The molecule has 1 aromatic carbocycles. The van der Waals surface area contributed by atoms with E-state index in [0.717, 1.165) is 30.6 Å². The van der Waals surface area contributed by atoms with Crippen molar-refractivity contribution in [3.05, 3.63) is 35.4 Å². The fraction of sp³-hybridized carbons (Fsp3) is 0.591. The molecule has 0 spiro atoms. The molecule has 3 rings (SSSR count). The van der Waals surface area contributed by atoms with Crippen LogP contribution in [0.4, 0.5) is 0 Å². The van der Waals surface area contributed by atoms with Crippen LogP contribution >= 0.6 is 0 Å². The number of nitrogens with zero attached hydrogens (tertiary/aromatic N) is 1. The SMILES string of the molecule is O=C(CN1C(=O)c2ccccc2C1=O)NC1CCCCCCCCCCC1. The lowest BCUT2D eigenvalue weighted by Gasteiger charge is -2.21. The summed E-state index contributed by atoms with van der Waals surface area (Å²) in [6.45, 7) is -0.192. The molecule has 1 saturated carbocycles. The summed E-state index contributed by atoms with van der Waals surface area (Å²) in [5.74, 6) is -0.976. The van der Waals surface area contributed by atoms with Gasteiger partial charge in [-0.05, 0) is 25.0 Å². The Labute approximate surface area is 161 Å². The van der Waals surface area contributed by atoms with E-state index in [1.165, 1.54) is 44.9 Å². The maximum atomic E-state index is 12.5. The van der Waals surface area contributed by atoms with Gasteiger partial charge < -0.3 is 5.32 Å². The molecule has 0 aromatic heterocycles. The van der Waals surface area contributed by atoms with Crippen molar-refractivity contribution in [2.75, 3.05) is 6.54 Å². The molecule has 5 heteroatoms. The van der Waals surface area contributed by atoms with Gasteiger partial charge in [0, 0.05) is 6.04 Å². The summed E-state index contributed by atoms with van der Waals surface area (Å²) in [4.78, 5) is 38.4. The highest BCUT2D eigenvalue weighted by atomic mass is 16.2. The second-order valence-corrected chi connectivity index (χ2v) is 7.77. The summed E-state index contributed by atoms with van der Waals surface area (Å²) < 4.78 is 0. The van der Waals surface area contributed by atoms with Gasteiger partial charge in [0.1, 0.15) is 6.54 Å². The Morgan fingerprint density at radius 2 is 1.26 bits per heavy atom. The number of nitrogens with one attached hydrogen (secondary N) is 1. The highest BCUT2D eigenvalue weighted by Crippen LogP contribution is 2.22. The van der Waals surface area contributed by atoms with Gasteiger partial charge in [0.2, 0.25) is 5.91 Å². The Morgan fingerprint density at radius 1 is 0.815 bits per heavy atom. The number of amides is 3. The van der Waals surface area contributed by atoms with E-state index >= 15 is 0 Å². The minimum absolute atomic E-state index is 0.145. The summed E-state index contributed by atoms with van der Waals surface area (Å²) in [6.07, 6.45) is 13.2. The van der Waals surface area contributed by atoms with E-state index in [1.807, 2.05) is 0 Å². The van der Waals surface area contributed by atoms with Crippen molar-refractivity contribution in [3.63, 3.8) is 0 Å². The standard InChI is InChI=1S/C22H30N2O3/c25-20(16-24-21(26)18-14-10-11-15-19(18)22(24)27)23-17-12-8-6-4-2-1-3-5-7-9-13-17/h10-11,14-15,17H,1-9,12-13,16H2,(H,23,25). The molecule has 1 N–H and O–H groups in total. The van der Waals surface area contributed by atoms with Crippen LogP contribution in [-0.4, -0.2) is 35.2 Å². The zero-order valence-corrected chi connectivity index (χ0v) is 16.0. The largest absolute Gasteiger partial charge is 0.352 e. The first kappa shape index (κ1) is 19.6. The molecule has 0 bridgehead atoms. The van der Waals surface area contributed by atoms with Crippen LogP contribution in [0.15, 0.2) is 24.3 Å². The Kier molecular flexibility index (Phi) is 7.02. The molecule has 1 aromatic rings. The minimum Gasteiger partial charge on any atom is -0.352 e. The number of carbonyl (C=O) groups excluding carboxylic acids is 3. The molecule has 5 nitrogen and oxygen atoms in total. The van der Waals surface area contributed by atoms with Gasteiger partial charge in [0.05, 0.1) is 11.1 Å². The third kappa shape index (κ3) is 5.18. The predicted octanol–water partition coefficient (Wildman–Crippen LogP) is 4.07. The molecular weight excluding hydrogens is 340 g/mol. The Morgan fingerprint density at radius 3 is 1.74 bits per heavy atom. The van der Waals surface area contributed by atoms with Gasteiger partial charge >= 0.3 is 0 Å². The zero-order valence-electron chi connectivity index (χ0n) is 16.0. The van der Waals surface area contributed by atoms with E-state index in [1.54, 1.807) is 24.3 Å². The molecule has 3 amide bonds. The third-order valence-corrected chi connectivity index (χ3v) is 5.65. The molecule has 1 aliphatic carbocycles. The fourth-order valence-corrected chi connectivity index (χ4v) is 4.11. The molecule has 27 heavy (non-hydrogen) atoms. The number of rotatable bonds is 3. The van der Waals surface area contributed by atoms with E-state index in [2.05, 4.69) is 5.32 Å². The van der Waals surface area contributed by atoms with Crippen LogP contribution in [0.2, 0.25) is 0 Å². The quantitative estimate of drug-likeness (QED) is 0.816. The first-order chi connectivity index (χ1) is 13.2. The molecule has 0 saturated heterocycles. The fourth-order valence-electron chi connectivity index (χ4n) is 4.11. The minimum atomic E-state index is -0.371. The number of imide groups is 1. The van der Waals surface area contributed by atoms with Crippen LogP contribution in [0, 0.1) is 0 Å². The van der Waals surface area contributed by atoms with Crippen molar-refractivity contribution in [1.29, 1.82) is 0 Å². The van der Waals surface area contributed by atoms with Crippen LogP contribution in [-0.2, 0) is 4.79 Å². The van der Waals surface area contributed by atoms with E-state index in [4.69, 9.17) is 0 Å². The zero-order chi connectivity index (χ0) is 19.1. The molecule has 1 heterocycles. The van der Waals surface area contributed by atoms with Crippen molar-refractivity contribution in [2.45, 2.75) is 76.7 Å². The van der Waals surface area contributed by atoms with Crippen LogP contribution in [0.25, 0.3) is 0 Å². The second-order valence-electron chi connectivity index (χ2n) is 7.77. The normalized spacial score (nSPS) is 19.9. The number of benzene rings is 1. The monoisotopic (exact) mass is 370 g/mol. The van der Waals surface area contributed by atoms with Gasteiger partial charge in [0.15, 0.2) is 0 Å². The van der Waals surface area contributed by atoms with Crippen molar-refractivity contribution in [3.8, 4) is 0 Å². The van der Waals surface area contributed by atoms with Gasteiger partial charge in [-0.2, -0.15) is 0 Å². The number of hydrogen-bond donors (Lipinski definition) is 1. The summed E-state index contributed by atoms with van der Waals surface area (Å²) >= 11 is 0. The Bertz CT molecular complexity index is 639. The van der Waals surface area contributed by atoms with Crippen LogP contribution in [0.5, 0.6) is 0 Å². The molecule has 146 valence electrons. The van der Waals surface area contributed by atoms with Gasteiger partial charge in [-0.1, -0.05) is 69.9 Å². The smallest absolute Gasteiger partial charge is 0.262 e. The highest BCUT2D eigenvalue weighted by molar-refractivity contribution is 6.22. The molecule has 0 unspecified atom stereocenters. The van der Waals surface area contributed by atoms with Gasteiger partial charge in [-0.15, -0.1) is 0 Å². The van der Waals surface area contributed by atoms with Crippen molar-refractivity contribution in [2.24, 2.45) is 0 Å². The summed E-state index contributed by atoms with van der Waals surface area (Å²) in [7, 11) is 0. The summed E-state index contributed by atoms with van der Waals surface area (Å²) in [5.41, 5.74) is 0.780. The third-order valence-electron chi connectivity index (χ3n) is 5.65. The maximum Gasteiger partial charge on any atom is 0.262 e. The maximum absolute atomic E-state index is 12.5. The molecule has 0 radical (unpaired) electrons. The molecular formula is C22H30N2O3. The number of hydrogen-bond acceptors (Lipinski definition) is 3. The lowest BCUT2D eigenvalue weighted by Crippen LogP contribution is -2.44. The topological polar surface area (TPSA) is 66.5 Å². The molecule has 1 aliphatic heterocycles. The summed E-state index contributed by atoms with van der Waals surface area (Å²) in [5, 5.41) is 3.08. The lowest BCUT2D eigenvalue weighted by molar-refractivity contribution is -0.122.